The molecule has 0 saturated heterocycles. The summed E-state index contributed by atoms with van der Waals surface area (Å²) in [5.74, 6) is 1.18. The second-order valence-electron chi connectivity index (χ2n) is 6.29. The van der Waals surface area contributed by atoms with E-state index in [0.29, 0.717) is 11.8 Å². The first-order valence-corrected chi connectivity index (χ1v) is 7.72. The van der Waals surface area contributed by atoms with Gasteiger partial charge in [-0.25, -0.2) is 0 Å². The van der Waals surface area contributed by atoms with Gasteiger partial charge in [-0.3, -0.25) is 14.9 Å². The fraction of sp³-hybridized carbons (Fsp3) is 0.562. The van der Waals surface area contributed by atoms with Gasteiger partial charge in [0.2, 0.25) is 0 Å². The number of rotatable bonds is 7. The third-order valence-electron chi connectivity index (χ3n) is 4.26. The molecule has 2 fully saturated rings. The molecule has 118 valence electrons. The highest BCUT2D eigenvalue weighted by Gasteiger charge is 2.42. The van der Waals surface area contributed by atoms with Crippen LogP contribution in [-0.4, -0.2) is 23.5 Å². The molecule has 0 heterocycles. The molecule has 0 bridgehead atoms. The number of carbonyl (C=O) groups excluding carboxylic acids is 1. The number of aryl methyl sites for hydroxylation is 1. The van der Waals surface area contributed by atoms with E-state index in [-0.39, 0.29) is 30.0 Å². The maximum absolute atomic E-state index is 12.0. The van der Waals surface area contributed by atoms with Crippen LogP contribution in [0.4, 0.5) is 5.69 Å². The normalized spacial score (nSPS) is 17.4. The van der Waals surface area contributed by atoms with E-state index in [1.54, 1.807) is 19.1 Å². The van der Waals surface area contributed by atoms with E-state index in [1.165, 1.54) is 31.7 Å². The zero-order valence-electron chi connectivity index (χ0n) is 12.6. The number of nitro groups is 1. The smallest absolute Gasteiger partial charge is 0.311 e. The van der Waals surface area contributed by atoms with Crippen LogP contribution in [0.5, 0.6) is 5.75 Å². The Kier molecular flexibility index (Phi) is 4.00. The number of nitrogens with one attached hydrogen (secondary N) is 1. The van der Waals surface area contributed by atoms with Crippen molar-refractivity contribution in [2.24, 2.45) is 11.8 Å². The van der Waals surface area contributed by atoms with Crippen molar-refractivity contribution in [1.29, 1.82) is 0 Å². The fourth-order valence-electron chi connectivity index (χ4n) is 2.79. The van der Waals surface area contributed by atoms with Crippen LogP contribution in [0.15, 0.2) is 18.2 Å². The van der Waals surface area contributed by atoms with Crippen LogP contribution in [0.25, 0.3) is 0 Å². The van der Waals surface area contributed by atoms with Gasteiger partial charge >= 0.3 is 5.69 Å². The standard InChI is InChI=1S/C16H20N2O4/c1-10-2-7-14(13(8-10)18(20)21)22-9-15(19)17-16(11-3-4-11)12-5-6-12/h2,7-8,11-12,16H,3-6,9H2,1H3,(H,17,19). The lowest BCUT2D eigenvalue weighted by atomic mass is 10.1. The summed E-state index contributed by atoms with van der Waals surface area (Å²) in [5.41, 5.74) is 0.680. The Bertz CT molecular complexity index is 582. The van der Waals surface area contributed by atoms with Crippen molar-refractivity contribution in [2.75, 3.05) is 6.61 Å². The minimum Gasteiger partial charge on any atom is -0.477 e. The van der Waals surface area contributed by atoms with E-state index < -0.39 is 4.92 Å². The van der Waals surface area contributed by atoms with Gasteiger partial charge in [0.05, 0.1) is 4.92 Å². The van der Waals surface area contributed by atoms with Gasteiger partial charge in [-0.05, 0) is 56.1 Å². The largest absolute Gasteiger partial charge is 0.477 e. The van der Waals surface area contributed by atoms with Crippen LogP contribution < -0.4 is 10.1 Å². The number of ether oxygens (including phenoxy) is 1. The molecule has 0 spiro atoms. The average molecular weight is 304 g/mol. The molecule has 0 aromatic heterocycles. The molecule has 0 atom stereocenters. The number of nitrogens with zero attached hydrogens (tertiary/aromatic N) is 1. The van der Waals surface area contributed by atoms with Crippen LogP contribution in [0.3, 0.4) is 0 Å². The van der Waals surface area contributed by atoms with Crippen molar-refractivity contribution in [3.05, 3.63) is 33.9 Å². The summed E-state index contributed by atoms with van der Waals surface area (Å²) in [6.07, 6.45) is 4.74. The van der Waals surface area contributed by atoms with Crippen LogP contribution in [0.2, 0.25) is 0 Å². The van der Waals surface area contributed by atoms with Gasteiger partial charge in [-0.15, -0.1) is 0 Å². The van der Waals surface area contributed by atoms with Gasteiger partial charge in [0.1, 0.15) is 0 Å². The zero-order chi connectivity index (χ0) is 15.7. The summed E-state index contributed by atoms with van der Waals surface area (Å²) in [4.78, 5) is 22.6. The number of hydrogen-bond donors (Lipinski definition) is 1. The highest BCUT2D eigenvalue weighted by Crippen LogP contribution is 2.44. The molecule has 3 rings (SSSR count). The molecule has 6 nitrogen and oxygen atoms in total. The minimum atomic E-state index is -0.489. The molecule has 0 unspecified atom stereocenters. The molecule has 0 aliphatic heterocycles. The first-order chi connectivity index (χ1) is 10.5. The monoisotopic (exact) mass is 304 g/mol. The Hall–Kier alpha value is -2.11. The van der Waals surface area contributed by atoms with Gasteiger partial charge in [0.15, 0.2) is 12.4 Å². The molecule has 1 aromatic rings. The number of carbonyl (C=O) groups is 1. The van der Waals surface area contributed by atoms with Gasteiger partial charge in [-0.1, -0.05) is 6.07 Å². The number of nitro benzene ring substituents is 1. The van der Waals surface area contributed by atoms with Crippen molar-refractivity contribution < 1.29 is 14.5 Å². The van der Waals surface area contributed by atoms with Crippen molar-refractivity contribution >= 4 is 11.6 Å². The van der Waals surface area contributed by atoms with Crippen molar-refractivity contribution in [3.63, 3.8) is 0 Å². The predicted molar refractivity (Wildman–Crippen MR) is 80.7 cm³/mol. The highest BCUT2D eigenvalue weighted by molar-refractivity contribution is 5.78. The van der Waals surface area contributed by atoms with E-state index in [9.17, 15) is 14.9 Å². The Morgan fingerprint density at radius 1 is 1.36 bits per heavy atom. The molecule has 0 radical (unpaired) electrons. The molecule has 2 aliphatic rings. The summed E-state index contributed by atoms with van der Waals surface area (Å²) < 4.78 is 5.36. The number of benzene rings is 1. The van der Waals surface area contributed by atoms with E-state index >= 15 is 0 Å². The maximum atomic E-state index is 12.0. The Balaban J connectivity index is 1.57. The number of hydrogen-bond acceptors (Lipinski definition) is 4. The summed E-state index contributed by atoms with van der Waals surface area (Å²) in [7, 11) is 0. The van der Waals surface area contributed by atoms with E-state index in [4.69, 9.17) is 4.74 Å². The molecule has 1 amide bonds. The lowest BCUT2D eigenvalue weighted by Gasteiger charge is -2.17. The SMILES string of the molecule is Cc1ccc(OCC(=O)NC(C2CC2)C2CC2)c([N+](=O)[O-])c1. The average Bonchev–Trinajstić information content (AvgIpc) is 3.37. The quantitative estimate of drug-likeness (QED) is 0.620. The minimum absolute atomic E-state index is 0.103. The highest BCUT2D eigenvalue weighted by atomic mass is 16.6. The molecule has 1 N–H and O–H groups in total. The topological polar surface area (TPSA) is 81.5 Å². The zero-order valence-corrected chi connectivity index (χ0v) is 12.6. The van der Waals surface area contributed by atoms with Crippen LogP contribution in [-0.2, 0) is 4.79 Å². The number of amides is 1. The van der Waals surface area contributed by atoms with Crippen LogP contribution in [0.1, 0.15) is 31.2 Å². The third-order valence-corrected chi connectivity index (χ3v) is 4.26. The lowest BCUT2D eigenvalue weighted by molar-refractivity contribution is -0.385. The second-order valence-corrected chi connectivity index (χ2v) is 6.29. The molecule has 2 aliphatic carbocycles. The molecular weight excluding hydrogens is 284 g/mol. The Morgan fingerprint density at radius 3 is 2.55 bits per heavy atom. The lowest BCUT2D eigenvalue weighted by Crippen LogP contribution is -2.40. The Labute approximate surface area is 129 Å². The van der Waals surface area contributed by atoms with Crippen molar-refractivity contribution in [1.82, 2.24) is 5.32 Å². The van der Waals surface area contributed by atoms with Gasteiger partial charge < -0.3 is 10.1 Å². The molecule has 6 heteroatoms. The summed E-state index contributed by atoms with van der Waals surface area (Å²) in [6, 6.07) is 4.99. The molecular formula is C16H20N2O4. The van der Waals surface area contributed by atoms with E-state index in [1.807, 2.05) is 0 Å². The first-order valence-electron chi connectivity index (χ1n) is 7.72. The van der Waals surface area contributed by atoms with Crippen molar-refractivity contribution in [2.45, 2.75) is 38.6 Å². The second kappa shape index (κ2) is 5.94. The first kappa shape index (κ1) is 14.8. The van der Waals surface area contributed by atoms with E-state index in [0.717, 1.165) is 5.56 Å². The summed E-state index contributed by atoms with van der Waals surface area (Å²) in [6.45, 7) is 1.60. The fourth-order valence-corrected chi connectivity index (χ4v) is 2.79. The summed E-state index contributed by atoms with van der Waals surface area (Å²) in [5, 5.41) is 14.1. The summed E-state index contributed by atoms with van der Waals surface area (Å²) >= 11 is 0. The Morgan fingerprint density at radius 2 is 2.00 bits per heavy atom. The van der Waals surface area contributed by atoms with Gasteiger partial charge in [0, 0.05) is 12.1 Å². The van der Waals surface area contributed by atoms with Crippen LogP contribution in [0, 0.1) is 28.9 Å². The molecule has 1 aromatic carbocycles. The van der Waals surface area contributed by atoms with Crippen molar-refractivity contribution in [3.8, 4) is 5.75 Å². The maximum Gasteiger partial charge on any atom is 0.311 e. The molecule has 22 heavy (non-hydrogen) atoms. The van der Waals surface area contributed by atoms with Gasteiger partial charge in [-0.2, -0.15) is 0 Å². The third kappa shape index (κ3) is 3.55. The van der Waals surface area contributed by atoms with Gasteiger partial charge in [0.25, 0.3) is 5.91 Å². The van der Waals surface area contributed by atoms with Crippen LogP contribution >= 0.6 is 0 Å². The predicted octanol–water partition coefficient (Wildman–Crippen LogP) is 2.59. The van der Waals surface area contributed by atoms with E-state index in [2.05, 4.69) is 5.32 Å². The molecule has 2 saturated carbocycles.